The van der Waals surface area contributed by atoms with Crippen LogP contribution >= 0.6 is 23.4 Å². The molecule has 29 heavy (non-hydrogen) atoms. The Morgan fingerprint density at radius 3 is 2.41 bits per heavy atom. The first-order valence-corrected chi connectivity index (χ1v) is 11.2. The number of halogens is 4. The summed E-state index contributed by atoms with van der Waals surface area (Å²) >= 11 is 7.05. The summed E-state index contributed by atoms with van der Waals surface area (Å²) in [6.07, 6.45) is 2.75. The zero-order valence-corrected chi connectivity index (χ0v) is 17.5. The molecular formula is C19H22ClF3N4OS. The highest BCUT2D eigenvalue weighted by atomic mass is 35.5. The number of pyridine rings is 1. The second-order valence-corrected chi connectivity index (χ2v) is 9.33. The van der Waals surface area contributed by atoms with E-state index in [0.29, 0.717) is 12.0 Å². The Balaban J connectivity index is 1.50. The number of hydrogen-bond acceptors (Lipinski definition) is 4. The third kappa shape index (κ3) is 4.50. The zero-order valence-electron chi connectivity index (χ0n) is 16.0. The first-order valence-electron chi connectivity index (χ1n) is 9.79. The van der Waals surface area contributed by atoms with Crippen molar-refractivity contribution in [2.24, 2.45) is 5.92 Å². The van der Waals surface area contributed by atoms with Crippen molar-refractivity contribution in [3.63, 3.8) is 0 Å². The van der Waals surface area contributed by atoms with Gasteiger partial charge in [0.05, 0.1) is 16.3 Å². The normalized spacial score (nSPS) is 22.8. The van der Waals surface area contributed by atoms with Crippen molar-refractivity contribution < 1.29 is 18.0 Å². The quantitative estimate of drug-likeness (QED) is 0.602. The Hall–Kier alpha value is -1.48. The molecule has 2 aromatic rings. The smallest absolute Gasteiger partial charge is 0.336 e. The molecule has 2 aliphatic carbocycles. The molecule has 0 aromatic carbocycles. The van der Waals surface area contributed by atoms with E-state index in [2.05, 4.69) is 17.1 Å². The molecule has 158 valence electrons. The molecule has 0 bridgehead atoms. The summed E-state index contributed by atoms with van der Waals surface area (Å²) in [5, 5.41) is 7.93. The Kier molecular flexibility index (Phi) is 5.72. The predicted molar refractivity (Wildman–Crippen MR) is 105 cm³/mol. The molecule has 1 amide bonds. The van der Waals surface area contributed by atoms with Crippen LogP contribution in [0.15, 0.2) is 17.4 Å². The van der Waals surface area contributed by atoms with Crippen molar-refractivity contribution in [2.75, 3.05) is 5.75 Å². The van der Waals surface area contributed by atoms with Gasteiger partial charge in [0.2, 0.25) is 5.91 Å². The highest BCUT2D eigenvalue weighted by Crippen LogP contribution is 2.37. The van der Waals surface area contributed by atoms with Crippen LogP contribution in [0.1, 0.15) is 51.0 Å². The van der Waals surface area contributed by atoms with E-state index in [1.54, 1.807) is 0 Å². The maximum atomic E-state index is 13.1. The lowest BCUT2D eigenvalue weighted by Gasteiger charge is -2.36. The van der Waals surface area contributed by atoms with Gasteiger partial charge in [-0.15, -0.1) is 10.2 Å². The molecule has 2 aromatic heterocycles. The van der Waals surface area contributed by atoms with E-state index in [0.717, 1.165) is 62.6 Å². The van der Waals surface area contributed by atoms with Gasteiger partial charge in [-0.2, -0.15) is 13.2 Å². The van der Waals surface area contributed by atoms with Gasteiger partial charge in [-0.25, -0.2) is 0 Å². The molecule has 0 atom stereocenters. The molecule has 2 saturated carbocycles. The van der Waals surface area contributed by atoms with E-state index in [4.69, 9.17) is 11.6 Å². The van der Waals surface area contributed by atoms with Crippen LogP contribution in [0.5, 0.6) is 0 Å². The molecule has 10 heteroatoms. The van der Waals surface area contributed by atoms with Crippen molar-refractivity contribution in [3.05, 3.63) is 22.8 Å². The van der Waals surface area contributed by atoms with E-state index in [-0.39, 0.29) is 33.5 Å². The van der Waals surface area contributed by atoms with Gasteiger partial charge in [-0.3, -0.25) is 9.20 Å². The number of hydrogen-bond donors (Lipinski definition) is 0. The largest absolute Gasteiger partial charge is 0.417 e. The third-order valence-corrected chi connectivity index (χ3v) is 6.89. The van der Waals surface area contributed by atoms with E-state index < -0.39 is 11.7 Å². The standard InChI is InChI=1S/C19H22ClF3N4OS/c1-11-2-4-13(5-3-11)27(14-6-7-14)16(28)10-29-18-25-24-17-15(20)8-12(9-26(17)18)19(21,22)23/h8-9,11,13-14H,2-7,10H2,1H3. The molecule has 2 aliphatic rings. The molecule has 0 radical (unpaired) electrons. The van der Waals surface area contributed by atoms with Gasteiger partial charge in [0.25, 0.3) is 0 Å². The van der Waals surface area contributed by atoms with Crippen LogP contribution in [0.25, 0.3) is 5.65 Å². The van der Waals surface area contributed by atoms with Crippen molar-refractivity contribution in [2.45, 2.75) is 68.9 Å². The van der Waals surface area contributed by atoms with E-state index in [9.17, 15) is 18.0 Å². The monoisotopic (exact) mass is 446 g/mol. The fourth-order valence-electron chi connectivity index (χ4n) is 3.97. The highest BCUT2D eigenvalue weighted by Gasteiger charge is 2.38. The number of carbonyl (C=O) groups excluding carboxylic acids is 1. The van der Waals surface area contributed by atoms with Crippen LogP contribution in [0.2, 0.25) is 5.02 Å². The second kappa shape index (κ2) is 7.98. The van der Waals surface area contributed by atoms with Crippen LogP contribution < -0.4 is 0 Å². The van der Waals surface area contributed by atoms with Gasteiger partial charge in [-0.1, -0.05) is 30.3 Å². The van der Waals surface area contributed by atoms with Crippen molar-refractivity contribution >= 4 is 34.9 Å². The maximum absolute atomic E-state index is 13.1. The minimum Gasteiger partial charge on any atom is -0.336 e. The Bertz CT molecular complexity index is 907. The Morgan fingerprint density at radius 2 is 1.83 bits per heavy atom. The summed E-state index contributed by atoms with van der Waals surface area (Å²) in [5.74, 6) is 0.843. The second-order valence-electron chi connectivity index (χ2n) is 7.99. The van der Waals surface area contributed by atoms with Crippen LogP contribution in [0.3, 0.4) is 0 Å². The number of nitrogens with zero attached hydrogens (tertiary/aromatic N) is 4. The van der Waals surface area contributed by atoms with E-state index >= 15 is 0 Å². The summed E-state index contributed by atoms with van der Waals surface area (Å²) < 4.78 is 40.5. The number of carbonyl (C=O) groups is 1. The van der Waals surface area contributed by atoms with Crippen LogP contribution in [0, 0.1) is 5.92 Å². The van der Waals surface area contributed by atoms with Gasteiger partial charge in [0.15, 0.2) is 10.8 Å². The third-order valence-electron chi connectivity index (χ3n) is 5.69. The van der Waals surface area contributed by atoms with Crippen LogP contribution in [-0.2, 0) is 11.0 Å². The number of fused-ring (bicyclic) bond motifs is 1. The lowest BCUT2D eigenvalue weighted by atomic mass is 9.86. The molecule has 0 N–H and O–H groups in total. The van der Waals surface area contributed by atoms with Gasteiger partial charge in [0, 0.05) is 18.3 Å². The molecular weight excluding hydrogens is 425 g/mol. The number of alkyl halides is 3. The molecule has 2 fully saturated rings. The van der Waals surface area contributed by atoms with Crippen LogP contribution in [-0.4, -0.2) is 43.2 Å². The molecule has 0 aliphatic heterocycles. The molecule has 0 saturated heterocycles. The molecule has 4 rings (SSSR count). The Morgan fingerprint density at radius 1 is 1.21 bits per heavy atom. The minimum atomic E-state index is -4.53. The number of rotatable bonds is 5. The SMILES string of the molecule is CC1CCC(N(C(=O)CSc2nnc3c(Cl)cc(C(F)(F)F)cn23)C2CC2)CC1. The molecule has 5 nitrogen and oxygen atoms in total. The zero-order chi connectivity index (χ0) is 20.8. The lowest BCUT2D eigenvalue weighted by molar-refractivity contribution is -0.138. The summed E-state index contributed by atoms with van der Waals surface area (Å²) in [4.78, 5) is 15.0. The topological polar surface area (TPSA) is 50.5 Å². The average Bonchev–Trinajstić information content (AvgIpc) is 3.40. The number of amides is 1. The summed E-state index contributed by atoms with van der Waals surface area (Å²) in [7, 11) is 0. The van der Waals surface area contributed by atoms with Crippen molar-refractivity contribution in [1.29, 1.82) is 0 Å². The summed E-state index contributed by atoms with van der Waals surface area (Å²) in [6, 6.07) is 1.42. The predicted octanol–water partition coefficient (Wildman–Crippen LogP) is 5.06. The first-order chi connectivity index (χ1) is 13.7. The minimum absolute atomic E-state index is 0.0203. The van der Waals surface area contributed by atoms with Crippen molar-refractivity contribution in [3.8, 4) is 0 Å². The van der Waals surface area contributed by atoms with Crippen molar-refractivity contribution in [1.82, 2.24) is 19.5 Å². The molecule has 2 heterocycles. The highest BCUT2D eigenvalue weighted by molar-refractivity contribution is 7.99. The average molecular weight is 447 g/mol. The van der Waals surface area contributed by atoms with Gasteiger partial charge >= 0.3 is 6.18 Å². The molecule has 0 spiro atoms. The van der Waals surface area contributed by atoms with Crippen LogP contribution in [0.4, 0.5) is 13.2 Å². The van der Waals surface area contributed by atoms with Gasteiger partial charge in [-0.05, 0) is 50.5 Å². The fourth-order valence-corrected chi connectivity index (χ4v) is 4.99. The van der Waals surface area contributed by atoms with E-state index in [1.165, 1.54) is 4.40 Å². The molecule has 0 unspecified atom stereocenters. The van der Waals surface area contributed by atoms with Gasteiger partial charge < -0.3 is 4.90 Å². The maximum Gasteiger partial charge on any atom is 0.417 e. The summed E-state index contributed by atoms with van der Waals surface area (Å²) in [6.45, 7) is 2.24. The van der Waals surface area contributed by atoms with E-state index in [1.807, 2.05) is 4.90 Å². The lowest BCUT2D eigenvalue weighted by Crippen LogP contribution is -2.44. The summed E-state index contributed by atoms with van der Waals surface area (Å²) in [5.41, 5.74) is -0.728. The Labute approximate surface area is 176 Å². The fraction of sp³-hybridized carbons (Fsp3) is 0.632. The van der Waals surface area contributed by atoms with Gasteiger partial charge in [0.1, 0.15) is 0 Å². The number of aromatic nitrogens is 3. The number of thioether (sulfide) groups is 1. The first kappa shape index (κ1) is 20.8.